The number of amides is 1. The van der Waals surface area contributed by atoms with Crippen molar-refractivity contribution in [2.45, 2.75) is 38.4 Å². The summed E-state index contributed by atoms with van der Waals surface area (Å²) in [5, 5.41) is 7.14. The number of halogens is 3. The Labute approximate surface area is 106 Å². The Morgan fingerprint density at radius 3 is 2.50 bits per heavy atom. The number of nitrogens with two attached hydrogens (primary N) is 1. The quantitative estimate of drug-likeness (QED) is 0.885. The van der Waals surface area contributed by atoms with Crippen LogP contribution in [0.15, 0.2) is 0 Å². The standard InChI is InChI=1S/C9H13F3N4OS/c1-3-4-8(2,13)5(17)14-7-16-15-6(18-7)9(10,11)12/h3-4,13H2,1-2H3,(H,14,16,17). The molecule has 0 aliphatic rings. The molecule has 0 saturated carbocycles. The number of carbonyl (C=O) groups excluding carboxylic acids is 1. The van der Waals surface area contributed by atoms with E-state index in [0.717, 1.165) is 0 Å². The molecule has 18 heavy (non-hydrogen) atoms. The van der Waals surface area contributed by atoms with Crippen LogP contribution in [0, 0.1) is 0 Å². The number of nitrogens with one attached hydrogen (secondary N) is 1. The zero-order valence-electron chi connectivity index (χ0n) is 9.84. The highest BCUT2D eigenvalue weighted by atomic mass is 32.1. The Hall–Kier alpha value is -1.22. The molecule has 0 aliphatic heterocycles. The van der Waals surface area contributed by atoms with Crippen molar-refractivity contribution in [2.24, 2.45) is 5.73 Å². The first-order valence-electron chi connectivity index (χ1n) is 5.18. The molecule has 0 fully saturated rings. The molecule has 0 radical (unpaired) electrons. The van der Waals surface area contributed by atoms with Crippen LogP contribution in [0.2, 0.25) is 0 Å². The van der Waals surface area contributed by atoms with Gasteiger partial charge in [-0.15, -0.1) is 10.2 Å². The molecule has 1 heterocycles. The van der Waals surface area contributed by atoms with Gasteiger partial charge in [0.25, 0.3) is 0 Å². The summed E-state index contributed by atoms with van der Waals surface area (Å²) in [5.41, 5.74) is 4.59. The van der Waals surface area contributed by atoms with Crippen molar-refractivity contribution in [1.82, 2.24) is 10.2 Å². The van der Waals surface area contributed by atoms with Gasteiger partial charge in [-0.3, -0.25) is 10.1 Å². The van der Waals surface area contributed by atoms with Gasteiger partial charge < -0.3 is 5.73 Å². The van der Waals surface area contributed by atoms with Crippen LogP contribution >= 0.6 is 11.3 Å². The highest BCUT2D eigenvalue weighted by molar-refractivity contribution is 7.15. The molecule has 1 aromatic heterocycles. The van der Waals surface area contributed by atoms with Gasteiger partial charge in [-0.25, -0.2) is 0 Å². The summed E-state index contributed by atoms with van der Waals surface area (Å²) in [6.07, 6.45) is -3.45. The molecule has 102 valence electrons. The summed E-state index contributed by atoms with van der Waals surface area (Å²) < 4.78 is 36.8. The highest BCUT2D eigenvalue weighted by Gasteiger charge is 2.36. The van der Waals surface area contributed by atoms with E-state index in [9.17, 15) is 18.0 Å². The van der Waals surface area contributed by atoms with Crippen LogP contribution in [0.1, 0.15) is 31.7 Å². The molecule has 1 amide bonds. The fourth-order valence-electron chi connectivity index (χ4n) is 1.26. The number of rotatable bonds is 4. The van der Waals surface area contributed by atoms with Gasteiger partial charge in [-0.05, 0) is 13.3 Å². The van der Waals surface area contributed by atoms with E-state index in [1.165, 1.54) is 6.92 Å². The summed E-state index contributed by atoms with van der Waals surface area (Å²) in [6.45, 7) is 3.36. The SMILES string of the molecule is CCCC(C)(N)C(=O)Nc1nnc(C(F)(F)F)s1. The zero-order valence-corrected chi connectivity index (χ0v) is 10.7. The maximum Gasteiger partial charge on any atom is 0.445 e. The number of alkyl halides is 3. The van der Waals surface area contributed by atoms with Crippen molar-refractivity contribution in [2.75, 3.05) is 5.32 Å². The number of nitrogens with zero attached hydrogens (tertiary/aromatic N) is 2. The fraction of sp³-hybridized carbons (Fsp3) is 0.667. The van der Waals surface area contributed by atoms with Crippen molar-refractivity contribution in [3.05, 3.63) is 5.01 Å². The molecule has 0 aliphatic carbocycles. The van der Waals surface area contributed by atoms with Crippen LogP contribution in [0.4, 0.5) is 18.3 Å². The van der Waals surface area contributed by atoms with E-state index < -0.39 is 22.6 Å². The summed E-state index contributed by atoms with van der Waals surface area (Å²) in [7, 11) is 0. The van der Waals surface area contributed by atoms with Crippen LogP contribution in [0.25, 0.3) is 0 Å². The zero-order chi connectivity index (χ0) is 14.0. The summed E-state index contributed by atoms with van der Waals surface area (Å²) >= 11 is 0.268. The minimum absolute atomic E-state index is 0.208. The molecule has 0 spiro atoms. The number of carbonyl (C=O) groups is 1. The summed E-state index contributed by atoms with van der Waals surface area (Å²) in [6, 6.07) is 0. The second-order valence-corrected chi connectivity index (χ2v) is 5.01. The number of aromatic nitrogens is 2. The predicted molar refractivity (Wildman–Crippen MR) is 61.0 cm³/mol. The third kappa shape index (κ3) is 3.64. The van der Waals surface area contributed by atoms with Crippen LogP contribution in [0.3, 0.4) is 0 Å². The normalized spacial score (nSPS) is 15.2. The predicted octanol–water partition coefficient (Wildman–Crippen LogP) is 2.01. The van der Waals surface area contributed by atoms with Crippen molar-refractivity contribution >= 4 is 22.4 Å². The van der Waals surface area contributed by atoms with Gasteiger partial charge in [0, 0.05) is 0 Å². The maximum atomic E-state index is 12.3. The first kappa shape index (κ1) is 14.8. The van der Waals surface area contributed by atoms with Gasteiger partial charge in [0.05, 0.1) is 5.54 Å². The van der Waals surface area contributed by atoms with Gasteiger partial charge in [0.1, 0.15) is 0 Å². The topological polar surface area (TPSA) is 80.9 Å². The van der Waals surface area contributed by atoms with Crippen molar-refractivity contribution < 1.29 is 18.0 Å². The lowest BCUT2D eigenvalue weighted by Crippen LogP contribution is -2.48. The van der Waals surface area contributed by atoms with E-state index in [1.54, 1.807) is 0 Å². The average molecular weight is 282 g/mol. The largest absolute Gasteiger partial charge is 0.445 e. The smallest absolute Gasteiger partial charge is 0.318 e. The van der Waals surface area contributed by atoms with Crippen molar-refractivity contribution in [3.8, 4) is 0 Å². The van der Waals surface area contributed by atoms with Crippen LogP contribution in [0.5, 0.6) is 0 Å². The first-order valence-corrected chi connectivity index (χ1v) is 5.99. The minimum atomic E-state index is -4.56. The lowest BCUT2D eigenvalue weighted by Gasteiger charge is -2.21. The van der Waals surface area contributed by atoms with Gasteiger partial charge in [0.2, 0.25) is 16.0 Å². The summed E-state index contributed by atoms with van der Waals surface area (Å²) in [4.78, 5) is 11.7. The third-order valence-electron chi connectivity index (χ3n) is 2.18. The molecule has 0 bridgehead atoms. The van der Waals surface area contributed by atoms with Crippen LogP contribution < -0.4 is 11.1 Å². The highest BCUT2D eigenvalue weighted by Crippen LogP contribution is 2.33. The number of anilines is 1. The minimum Gasteiger partial charge on any atom is -0.318 e. The van der Waals surface area contributed by atoms with E-state index in [4.69, 9.17) is 5.73 Å². The van der Waals surface area contributed by atoms with E-state index in [1.807, 2.05) is 6.92 Å². The Morgan fingerprint density at radius 1 is 1.44 bits per heavy atom. The Bertz CT molecular complexity index is 430. The first-order chi connectivity index (χ1) is 8.16. The van der Waals surface area contributed by atoms with E-state index in [0.29, 0.717) is 12.8 Å². The van der Waals surface area contributed by atoms with E-state index >= 15 is 0 Å². The van der Waals surface area contributed by atoms with Gasteiger partial charge in [0.15, 0.2) is 0 Å². The second kappa shape index (κ2) is 5.19. The molecule has 9 heteroatoms. The van der Waals surface area contributed by atoms with Crippen molar-refractivity contribution in [1.29, 1.82) is 0 Å². The lowest BCUT2D eigenvalue weighted by atomic mass is 9.97. The monoisotopic (exact) mass is 282 g/mol. The molecule has 1 unspecified atom stereocenters. The van der Waals surface area contributed by atoms with E-state index in [-0.39, 0.29) is 16.5 Å². The fourth-order valence-corrected chi connectivity index (χ4v) is 1.87. The molecule has 0 saturated heterocycles. The van der Waals surface area contributed by atoms with Crippen molar-refractivity contribution in [3.63, 3.8) is 0 Å². The molecule has 1 rings (SSSR count). The van der Waals surface area contributed by atoms with E-state index in [2.05, 4.69) is 15.5 Å². The van der Waals surface area contributed by atoms with Gasteiger partial charge >= 0.3 is 6.18 Å². The van der Waals surface area contributed by atoms with Crippen LogP contribution in [-0.4, -0.2) is 21.6 Å². The third-order valence-corrected chi connectivity index (χ3v) is 3.06. The Balaban J connectivity index is 2.74. The molecule has 0 aromatic carbocycles. The molecular formula is C9H13F3N4OS. The lowest BCUT2D eigenvalue weighted by molar-refractivity contribution is -0.138. The molecular weight excluding hydrogens is 269 g/mol. The average Bonchev–Trinajstić information content (AvgIpc) is 2.65. The van der Waals surface area contributed by atoms with Crippen LogP contribution in [-0.2, 0) is 11.0 Å². The molecule has 1 atom stereocenters. The van der Waals surface area contributed by atoms with Gasteiger partial charge in [-0.2, -0.15) is 13.2 Å². The summed E-state index contributed by atoms with van der Waals surface area (Å²) in [5.74, 6) is -0.575. The second-order valence-electron chi connectivity index (χ2n) is 4.03. The number of hydrogen-bond donors (Lipinski definition) is 2. The molecule has 1 aromatic rings. The Kier molecular flexibility index (Phi) is 4.28. The molecule has 5 nitrogen and oxygen atoms in total. The number of hydrogen-bond acceptors (Lipinski definition) is 5. The van der Waals surface area contributed by atoms with Gasteiger partial charge in [-0.1, -0.05) is 24.7 Å². The molecule has 3 N–H and O–H groups in total. The maximum absolute atomic E-state index is 12.3. The Morgan fingerprint density at radius 2 is 2.06 bits per heavy atom.